The Kier molecular flexibility index (Phi) is 4.44. The van der Waals surface area contributed by atoms with Crippen LogP contribution in [-0.2, 0) is 0 Å². The quantitative estimate of drug-likeness (QED) is 0.713. The maximum atomic E-state index is 5.84. The maximum absolute atomic E-state index is 5.84. The van der Waals surface area contributed by atoms with E-state index in [0.717, 1.165) is 6.54 Å². The van der Waals surface area contributed by atoms with Crippen molar-refractivity contribution in [3.63, 3.8) is 0 Å². The molecule has 0 aliphatic heterocycles. The molecule has 0 aromatic carbocycles. The van der Waals surface area contributed by atoms with Crippen LogP contribution in [0.1, 0.15) is 54.4 Å². The Hall–Kier alpha value is -0.0400. The van der Waals surface area contributed by atoms with Gasteiger partial charge in [-0.25, -0.2) is 0 Å². The van der Waals surface area contributed by atoms with Crippen molar-refractivity contribution in [1.29, 1.82) is 0 Å². The highest BCUT2D eigenvalue weighted by atomic mass is 14.6. The van der Waals surface area contributed by atoms with Gasteiger partial charge in [0.1, 0.15) is 0 Å². The van der Waals surface area contributed by atoms with E-state index < -0.39 is 0 Å². The molecule has 0 fully saturated rings. The van der Waals surface area contributed by atoms with E-state index in [1.807, 2.05) is 0 Å². The van der Waals surface area contributed by atoms with E-state index >= 15 is 0 Å². The third kappa shape index (κ3) is 4.66. The van der Waals surface area contributed by atoms with Crippen LogP contribution in [0.15, 0.2) is 0 Å². The lowest BCUT2D eigenvalue weighted by Crippen LogP contribution is -2.33. The normalized spacial score (nSPS) is 15.9. The lowest BCUT2D eigenvalue weighted by Gasteiger charge is -2.37. The van der Waals surface area contributed by atoms with Crippen molar-refractivity contribution in [1.82, 2.24) is 0 Å². The van der Waals surface area contributed by atoms with Crippen molar-refractivity contribution in [3.05, 3.63) is 0 Å². The summed E-state index contributed by atoms with van der Waals surface area (Å²) < 4.78 is 0. The molecule has 0 amide bonds. The molecule has 1 nitrogen and oxygen atoms in total. The van der Waals surface area contributed by atoms with Crippen LogP contribution < -0.4 is 5.73 Å². The minimum atomic E-state index is 0.391. The average Bonchev–Trinajstić information content (AvgIpc) is 1.98. The summed E-state index contributed by atoms with van der Waals surface area (Å²) in [6, 6.07) is 0. The SMILES string of the molecule is CCC(C)(C)C(CN)CC(C)(C)C. The summed E-state index contributed by atoms with van der Waals surface area (Å²) in [6.07, 6.45) is 2.44. The first-order valence-electron chi connectivity index (χ1n) is 5.43. The van der Waals surface area contributed by atoms with Crippen LogP contribution >= 0.6 is 0 Å². The number of hydrogen-bond donors (Lipinski definition) is 1. The van der Waals surface area contributed by atoms with Crippen LogP contribution in [0, 0.1) is 16.7 Å². The minimum Gasteiger partial charge on any atom is -0.330 e. The topological polar surface area (TPSA) is 26.0 Å². The Bertz CT molecular complexity index is 142. The van der Waals surface area contributed by atoms with Gasteiger partial charge >= 0.3 is 0 Å². The molecule has 0 saturated carbocycles. The first-order chi connectivity index (χ1) is 5.73. The Morgan fingerprint density at radius 3 is 1.77 bits per heavy atom. The molecule has 0 heterocycles. The standard InChI is InChI=1S/C12H27N/c1-7-12(5,6)10(9-13)8-11(2,3)4/h10H,7-9,13H2,1-6H3. The first-order valence-corrected chi connectivity index (χ1v) is 5.43. The zero-order chi connectivity index (χ0) is 10.7. The molecule has 0 spiro atoms. The predicted octanol–water partition coefficient (Wildman–Crippen LogP) is 3.43. The van der Waals surface area contributed by atoms with E-state index in [1.54, 1.807) is 0 Å². The zero-order valence-corrected chi connectivity index (χ0v) is 10.3. The molecule has 2 N–H and O–H groups in total. The van der Waals surface area contributed by atoms with Crippen LogP contribution in [0.5, 0.6) is 0 Å². The predicted molar refractivity (Wildman–Crippen MR) is 60.7 cm³/mol. The summed E-state index contributed by atoms with van der Waals surface area (Å²) >= 11 is 0. The van der Waals surface area contributed by atoms with Gasteiger partial charge < -0.3 is 5.73 Å². The molecule has 0 aliphatic rings. The fraction of sp³-hybridized carbons (Fsp3) is 1.00. The fourth-order valence-corrected chi connectivity index (χ4v) is 1.71. The highest BCUT2D eigenvalue weighted by Crippen LogP contribution is 2.37. The Labute approximate surface area is 84.1 Å². The van der Waals surface area contributed by atoms with Crippen LogP contribution in [0.3, 0.4) is 0 Å². The molecule has 0 bridgehead atoms. The summed E-state index contributed by atoms with van der Waals surface area (Å²) in [4.78, 5) is 0. The fourth-order valence-electron chi connectivity index (χ4n) is 1.71. The summed E-state index contributed by atoms with van der Waals surface area (Å²) in [6.45, 7) is 14.6. The molecule has 80 valence electrons. The van der Waals surface area contributed by atoms with Gasteiger partial charge in [0.05, 0.1) is 0 Å². The van der Waals surface area contributed by atoms with E-state index in [9.17, 15) is 0 Å². The van der Waals surface area contributed by atoms with E-state index in [2.05, 4.69) is 41.5 Å². The second-order valence-electron chi connectivity index (χ2n) is 6.04. The Morgan fingerprint density at radius 2 is 1.54 bits per heavy atom. The Morgan fingerprint density at radius 1 is 1.08 bits per heavy atom. The lowest BCUT2D eigenvalue weighted by molar-refractivity contribution is 0.148. The van der Waals surface area contributed by atoms with E-state index in [-0.39, 0.29) is 0 Å². The van der Waals surface area contributed by atoms with Gasteiger partial charge in [-0.2, -0.15) is 0 Å². The zero-order valence-electron chi connectivity index (χ0n) is 10.3. The number of rotatable bonds is 4. The van der Waals surface area contributed by atoms with Gasteiger partial charge in [-0.1, -0.05) is 48.0 Å². The van der Waals surface area contributed by atoms with Crippen molar-refractivity contribution in [2.45, 2.75) is 54.4 Å². The molecule has 0 rings (SSSR count). The van der Waals surface area contributed by atoms with E-state index in [4.69, 9.17) is 5.73 Å². The molecule has 1 heteroatoms. The Balaban J connectivity index is 4.35. The average molecular weight is 185 g/mol. The molecule has 0 aromatic heterocycles. The highest BCUT2D eigenvalue weighted by Gasteiger charge is 2.29. The maximum Gasteiger partial charge on any atom is -0.00436 e. The smallest absolute Gasteiger partial charge is 0.00436 e. The van der Waals surface area contributed by atoms with Crippen molar-refractivity contribution >= 4 is 0 Å². The second-order valence-corrected chi connectivity index (χ2v) is 6.04. The molecule has 0 aromatic rings. The van der Waals surface area contributed by atoms with Gasteiger partial charge in [0.2, 0.25) is 0 Å². The summed E-state index contributed by atoms with van der Waals surface area (Å²) in [7, 11) is 0. The molecule has 0 saturated heterocycles. The van der Waals surface area contributed by atoms with Crippen LogP contribution in [-0.4, -0.2) is 6.54 Å². The molecule has 0 aliphatic carbocycles. The van der Waals surface area contributed by atoms with Gasteiger partial charge in [-0.05, 0) is 29.7 Å². The lowest BCUT2D eigenvalue weighted by atomic mass is 9.70. The van der Waals surface area contributed by atoms with Crippen LogP contribution in [0.25, 0.3) is 0 Å². The second kappa shape index (κ2) is 4.45. The summed E-state index contributed by atoms with van der Waals surface area (Å²) in [5.74, 6) is 0.650. The summed E-state index contributed by atoms with van der Waals surface area (Å²) in [5, 5.41) is 0. The van der Waals surface area contributed by atoms with E-state index in [1.165, 1.54) is 12.8 Å². The van der Waals surface area contributed by atoms with Crippen molar-refractivity contribution in [3.8, 4) is 0 Å². The van der Waals surface area contributed by atoms with Crippen LogP contribution in [0.2, 0.25) is 0 Å². The van der Waals surface area contributed by atoms with Gasteiger partial charge in [0, 0.05) is 0 Å². The minimum absolute atomic E-state index is 0.391. The molecular formula is C12H27N. The number of hydrogen-bond acceptors (Lipinski definition) is 1. The molecular weight excluding hydrogens is 158 g/mol. The van der Waals surface area contributed by atoms with Crippen molar-refractivity contribution in [2.75, 3.05) is 6.54 Å². The van der Waals surface area contributed by atoms with Crippen LogP contribution in [0.4, 0.5) is 0 Å². The van der Waals surface area contributed by atoms with Gasteiger partial charge in [-0.15, -0.1) is 0 Å². The third-order valence-electron chi connectivity index (χ3n) is 3.16. The van der Waals surface area contributed by atoms with Crippen molar-refractivity contribution in [2.24, 2.45) is 22.5 Å². The van der Waals surface area contributed by atoms with E-state index in [0.29, 0.717) is 16.7 Å². The number of nitrogens with two attached hydrogens (primary N) is 1. The molecule has 1 unspecified atom stereocenters. The monoisotopic (exact) mass is 185 g/mol. The molecule has 1 atom stereocenters. The summed E-state index contributed by atoms with van der Waals surface area (Å²) in [5.41, 5.74) is 6.63. The molecule has 0 radical (unpaired) electrons. The molecule has 13 heavy (non-hydrogen) atoms. The highest BCUT2D eigenvalue weighted by molar-refractivity contribution is 4.81. The third-order valence-corrected chi connectivity index (χ3v) is 3.16. The largest absolute Gasteiger partial charge is 0.330 e. The van der Waals surface area contributed by atoms with Gasteiger partial charge in [0.25, 0.3) is 0 Å². The van der Waals surface area contributed by atoms with Gasteiger partial charge in [-0.3, -0.25) is 0 Å². The van der Waals surface area contributed by atoms with Crippen molar-refractivity contribution < 1.29 is 0 Å². The first kappa shape index (κ1) is 13.0. The van der Waals surface area contributed by atoms with Gasteiger partial charge in [0.15, 0.2) is 0 Å².